The number of aryl methyl sites for hydroxylation is 1. The van der Waals surface area contributed by atoms with Gasteiger partial charge in [0.05, 0.1) is 24.6 Å². The Morgan fingerprint density at radius 1 is 1.05 bits per heavy atom. The Morgan fingerprint density at radius 3 is 2.27 bits per heavy atom. The molecule has 220 valence electrons. The summed E-state index contributed by atoms with van der Waals surface area (Å²) in [5.74, 6) is -6.09. The fourth-order valence-corrected chi connectivity index (χ4v) is 3.53. The first-order chi connectivity index (χ1) is 18.9. The van der Waals surface area contributed by atoms with Crippen LogP contribution < -0.4 is 10.6 Å². The number of halogens is 4. The van der Waals surface area contributed by atoms with Crippen LogP contribution in [0.15, 0.2) is 23.1 Å². The van der Waals surface area contributed by atoms with Gasteiger partial charge in [-0.15, -0.1) is 0 Å². The van der Waals surface area contributed by atoms with E-state index in [9.17, 15) is 27.2 Å². The standard InChI is InChI=1S/C17H19F2N7O3.C6H10F2.C3H6/c1-10-15(25-29-24-10)16(28)21-8-12-9-26-13(23-12)5-11(7-22-26)6-20-14(27)3-4-17(2,18)19;7-6(8)4-2-1-3-5-6;1-2-3-1/h5,7,9H,3-4,6,8H2,1-2H3,(H,20,27)(H,21,28);1-5H2;1-3H2. The lowest BCUT2D eigenvalue weighted by atomic mass is 9.97. The van der Waals surface area contributed by atoms with E-state index in [-0.39, 0.29) is 38.0 Å². The van der Waals surface area contributed by atoms with Gasteiger partial charge in [-0.3, -0.25) is 9.59 Å². The molecule has 2 aliphatic rings. The third-order valence-corrected chi connectivity index (χ3v) is 5.94. The summed E-state index contributed by atoms with van der Waals surface area (Å²) in [6.45, 7) is 2.68. The molecule has 0 saturated heterocycles. The quantitative estimate of drug-likeness (QED) is 0.359. The minimum Gasteiger partial charge on any atom is -0.352 e. The van der Waals surface area contributed by atoms with Crippen LogP contribution in [0, 0.1) is 6.92 Å². The highest BCUT2D eigenvalue weighted by atomic mass is 19.3. The van der Waals surface area contributed by atoms with Crippen LogP contribution in [-0.2, 0) is 17.9 Å². The van der Waals surface area contributed by atoms with E-state index in [1.807, 2.05) is 0 Å². The van der Waals surface area contributed by atoms with E-state index in [4.69, 9.17) is 0 Å². The first-order valence-corrected chi connectivity index (χ1v) is 13.3. The average Bonchev–Trinajstić information content (AvgIpc) is 3.63. The summed E-state index contributed by atoms with van der Waals surface area (Å²) in [6, 6.07) is 1.71. The molecule has 0 bridgehead atoms. The van der Waals surface area contributed by atoms with Crippen LogP contribution in [0.3, 0.4) is 0 Å². The number of nitrogens with zero attached hydrogens (tertiary/aromatic N) is 5. The maximum Gasteiger partial charge on any atom is 0.275 e. The summed E-state index contributed by atoms with van der Waals surface area (Å²) in [4.78, 5) is 28.0. The van der Waals surface area contributed by atoms with Crippen molar-refractivity contribution in [1.29, 1.82) is 0 Å². The smallest absolute Gasteiger partial charge is 0.275 e. The van der Waals surface area contributed by atoms with Gasteiger partial charge in [0, 0.05) is 32.2 Å². The third kappa shape index (κ3) is 11.3. The summed E-state index contributed by atoms with van der Waals surface area (Å²) in [5, 5.41) is 16.5. The first kappa shape index (κ1) is 31.0. The molecule has 2 amide bonds. The molecule has 3 aromatic heterocycles. The summed E-state index contributed by atoms with van der Waals surface area (Å²) in [7, 11) is 0. The number of alkyl halides is 4. The SMILES string of the molecule is C1CC1.Cc1nonc1C(=O)NCc1cn2ncc(CNC(=O)CCC(C)(F)F)cc2n1.FC1(F)CCCCC1. The number of imidazole rings is 1. The van der Waals surface area contributed by atoms with Gasteiger partial charge in [0.25, 0.3) is 5.91 Å². The molecule has 0 aromatic carbocycles. The Bertz CT molecular complexity index is 1240. The van der Waals surface area contributed by atoms with Crippen molar-refractivity contribution >= 4 is 17.5 Å². The van der Waals surface area contributed by atoms with E-state index in [1.54, 1.807) is 19.2 Å². The largest absolute Gasteiger partial charge is 0.352 e. The van der Waals surface area contributed by atoms with Crippen LogP contribution in [0.25, 0.3) is 5.65 Å². The highest BCUT2D eigenvalue weighted by molar-refractivity contribution is 5.92. The molecule has 0 atom stereocenters. The van der Waals surface area contributed by atoms with Crippen molar-refractivity contribution in [2.75, 3.05) is 0 Å². The normalized spacial score (nSPS) is 15.8. The van der Waals surface area contributed by atoms with Crippen LogP contribution in [0.1, 0.15) is 98.6 Å². The molecular weight excluding hydrogens is 534 g/mol. The predicted octanol–water partition coefficient (Wildman–Crippen LogP) is 5.16. The first-order valence-electron chi connectivity index (χ1n) is 13.3. The summed E-state index contributed by atoms with van der Waals surface area (Å²) in [6.07, 6.45) is 9.59. The van der Waals surface area contributed by atoms with E-state index in [2.05, 4.69) is 35.7 Å². The maximum atomic E-state index is 12.8. The Kier molecular flexibility index (Phi) is 11.0. The number of hydrogen-bond donors (Lipinski definition) is 2. The molecular formula is C26H35F4N7O3. The zero-order chi connectivity index (χ0) is 29.2. The van der Waals surface area contributed by atoms with Gasteiger partial charge in [-0.25, -0.2) is 31.7 Å². The number of aromatic nitrogens is 5. The number of rotatable bonds is 8. The average molecular weight is 570 g/mol. The molecule has 40 heavy (non-hydrogen) atoms. The molecule has 2 N–H and O–H groups in total. The van der Waals surface area contributed by atoms with Crippen LogP contribution >= 0.6 is 0 Å². The van der Waals surface area contributed by atoms with Crippen LogP contribution in [0.5, 0.6) is 0 Å². The van der Waals surface area contributed by atoms with Crippen molar-refractivity contribution in [2.45, 2.75) is 103 Å². The van der Waals surface area contributed by atoms with Crippen LogP contribution in [-0.4, -0.2) is 48.6 Å². The van der Waals surface area contributed by atoms with Crippen molar-refractivity contribution < 1.29 is 31.8 Å². The lowest BCUT2D eigenvalue weighted by molar-refractivity contribution is -0.123. The van der Waals surface area contributed by atoms with Gasteiger partial charge in [0.2, 0.25) is 17.8 Å². The van der Waals surface area contributed by atoms with Gasteiger partial charge in [-0.1, -0.05) is 30.8 Å². The molecule has 0 radical (unpaired) electrons. The fraction of sp³-hybridized carbons (Fsp3) is 0.615. The van der Waals surface area contributed by atoms with E-state index in [1.165, 1.54) is 30.0 Å². The van der Waals surface area contributed by atoms with Crippen molar-refractivity contribution in [3.05, 3.63) is 41.1 Å². The van der Waals surface area contributed by atoms with E-state index in [0.29, 0.717) is 35.4 Å². The Morgan fingerprint density at radius 2 is 1.73 bits per heavy atom. The van der Waals surface area contributed by atoms with Crippen LogP contribution in [0.2, 0.25) is 0 Å². The molecule has 2 saturated carbocycles. The van der Waals surface area contributed by atoms with Crippen molar-refractivity contribution in [3.8, 4) is 0 Å². The Labute approximate surface area is 229 Å². The molecule has 3 heterocycles. The topological polar surface area (TPSA) is 127 Å². The molecule has 2 fully saturated rings. The molecule has 10 nitrogen and oxygen atoms in total. The Balaban J connectivity index is 0.000000331. The second-order valence-corrected chi connectivity index (χ2v) is 10.1. The van der Waals surface area contributed by atoms with Crippen molar-refractivity contribution in [1.82, 2.24) is 35.5 Å². The third-order valence-electron chi connectivity index (χ3n) is 5.94. The zero-order valence-corrected chi connectivity index (χ0v) is 22.7. The van der Waals surface area contributed by atoms with Crippen molar-refractivity contribution in [2.24, 2.45) is 0 Å². The molecule has 0 spiro atoms. The molecule has 5 rings (SSSR count). The number of nitrogens with one attached hydrogen (secondary N) is 2. The summed E-state index contributed by atoms with van der Waals surface area (Å²) >= 11 is 0. The second kappa shape index (κ2) is 14.2. The van der Waals surface area contributed by atoms with Crippen molar-refractivity contribution in [3.63, 3.8) is 0 Å². The highest BCUT2D eigenvalue weighted by Crippen LogP contribution is 2.32. The maximum absolute atomic E-state index is 12.8. The van der Waals surface area contributed by atoms with Gasteiger partial charge in [-0.2, -0.15) is 5.10 Å². The van der Waals surface area contributed by atoms with Gasteiger partial charge in [-0.05, 0) is 43.5 Å². The van der Waals surface area contributed by atoms with E-state index < -0.39 is 30.1 Å². The van der Waals surface area contributed by atoms with Gasteiger partial charge in [0.15, 0.2) is 11.3 Å². The molecule has 0 aliphatic heterocycles. The summed E-state index contributed by atoms with van der Waals surface area (Å²) in [5.41, 5.74) is 2.23. The number of carbonyl (C=O) groups excluding carboxylic acids is 2. The minimum absolute atomic E-state index is 0.103. The van der Waals surface area contributed by atoms with Crippen LogP contribution in [0.4, 0.5) is 17.6 Å². The van der Waals surface area contributed by atoms with Gasteiger partial charge >= 0.3 is 0 Å². The van der Waals surface area contributed by atoms with E-state index in [0.717, 1.165) is 13.3 Å². The molecule has 14 heteroatoms. The molecule has 3 aromatic rings. The molecule has 0 unspecified atom stereocenters. The number of carbonyl (C=O) groups is 2. The minimum atomic E-state index is -2.87. The predicted molar refractivity (Wildman–Crippen MR) is 137 cm³/mol. The lowest BCUT2D eigenvalue weighted by Crippen LogP contribution is -2.25. The van der Waals surface area contributed by atoms with Gasteiger partial charge < -0.3 is 10.6 Å². The van der Waals surface area contributed by atoms with Gasteiger partial charge in [0.1, 0.15) is 5.69 Å². The second-order valence-electron chi connectivity index (χ2n) is 10.1. The fourth-order valence-electron chi connectivity index (χ4n) is 3.53. The number of fused-ring (bicyclic) bond motifs is 1. The zero-order valence-electron chi connectivity index (χ0n) is 22.7. The Hall–Kier alpha value is -3.58. The van der Waals surface area contributed by atoms with E-state index >= 15 is 0 Å². The number of amides is 2. The molecule has 2 aliphatic carbocycles. The lowest BCUT2D eigenvalue weighted by Gasteiger charge is -2.20. The highest BCUT2D eigenvalue weighted by Gasteiger charge is 2.30. The number of hydrogen-bond acceptors (Lipinski definition) is 7. The monoisotopic (exact) mass is 569 g/mol. The summed E-state index contributed by atoms with van der Waals surface area (Å²) < 4.78 is 56.0.